The van der Waals surface area contributed by atoms with Crippen LogP contribution in [-0.4, -0.2) is 26.6 Å². The molecule has 3 rings (SSSR count). The molecule has 0 saturated heterocycles. The summed E-state index contributed by atoms with van der Waals surface area (Å²) in [6.07, 6.45) is 4.68. The number of rotatable bonds is 6. The summed E-state index contributed by atoms with van der Waals surface area (Å²) in [7, 11) is -2.43. The number of aliphatic hydroxyl groups excluding tert-OH is 1. The first-order valence-electron chi connectivity index (χ1n) is 10.3. The lowest BCUT2D eigenvalue weighted by Gasteiger charge is -2.44. The molecule has 0 bridgehead atoms. The van der Waals surface area contributed by atoms with Crippen molar-refractivity contribution in [3.63, 3.8) is 0 Å². The zero-order chi connectivity index (χ0) is 19.3. The van der Waals surface area contributed by atoms with E-state index in [0.717, 1.165) is 19.4 Å². The molecule has 2 aromatic carbocycles. The SMILES string of the molecule is CC(C)(C)[Si](OCC1CCCC(CO)C1)(c1ccccc1)c1ccccc1. The van der Waals surface area contributed by atoms with Gasteiger partial charge < -0.3 is 9.53 Å². The van der Waals surface area contributed by atoms with E-state index in [9.17, 15) is 5.11 Å². The molecule has 0 spiro atoms. The maximum atomic E-state index is 9.59. The van der Waals surface area contributed by atoms with E-state index in [1.165, 1.54) is 23.2 Å². The highest BCUT2D eigenvalue weighted by Crippen LogP contribution is 2.38. The van der Waals surface area contributed by atoms with Gasteiger partial charge in [-0.25, -0.2) is 0 Å². The fourth-order valence-corrected chi connectivity index (χ4v) is 9.37. The quantitative estimate of drug-likeness (QED) is 0.752. The molecule has 3 heteroatoms. The number of aliphatic hydroxyl groups is 1. The highest BCUT2D eigenvalue weighted by atomic mass is 28.4. The predicted octanol–water partition coefficient (Wildman–Crippen LogP) is 4.36. The van der Waals surface area contributed by atoms with Crippen molar-refractivity contribution in [2.45, 2.75) is 51.5 Å². The van der Waals surface area contributed by atoms with Crippen molar-refractivity contribution in [2.24, 2.45) is 11.8 Å². The molecule has 1 fully saturated rings. The van der Waals surface area contributed by atoms with E-state index in [1.807, 2.05) is 0 Å². The lowest BCUT2D eigenvalue weighted by molar-refractivity contribution is 0.126. The molecule has 0 aromatic heterocycles. The summed E-state index contributed by atoms with van der Waals surface area (Å²) in [4.78, 5) is 0. The van der Waals surface area contributed by atoms with Crippen molar-refractivity contribution >= 4 is 18.7 Å². The van der Waals surface area contributed by atoms with Gasteiger partial charge in [0, 0.05) is 13.2 Å². The lowest BCUT2D eigenvalue weighted by Crippen LogP contribution is -2.67. The summed E-state index contributed by atoms with van der Waals surface area (Å²) >= 11 is 0. The molecule has 27 heavy (non-hydrogen) atoms. The summed E-state index contributed by atoms with van der Waals surface area (Å²) in [5, 5.41) is 12.3. The molecule has 2 unspecified atom stereocenters. The minimum Gasteiger partial charge on any atom is -0.407 e. The Balaban J connectivity index is 1.97. The van der Waals surface area contributed by atoms with Gasteiger partial charge in [0.15, 0.2) is 0 Å². The summed E-state index contributed by atoms with van der Waals surface area (Å²) < 4.78 is 7.06. The Kier molecular flexibility index (Phi) is 6.56. The molecule has 0 heterocycles. The van der Waals surface area contributed by atoms with Gasteiger partial charge in [-0.05, 0) is 46.5 Å². The van der Waals surface area contributed by atoms with Gasteiger partial charge in [0.2, 0.25) is 0 Å². The zero-order valence-corrected chi connectivity index (χ0v) is 18.0. The Labute approximate surface area is 165 Å². The summed E-state index contributed by atoms with van der Waals surface area (Å²) in [5.74, 6) is 1.00. The van der Waals surface area contributed by atoms with Crippen LogP contribution in [0.4, 0.5) is 0 Å². The summed E-state index contributed by atoms with van der Waals surface area (Å²) in [6, 6.07) is 21.7. The minimum atomic E-state index is -2.43. The van der Waals surface area contributed by atoms with Crippen LogP contribution in [0.3, 0.4) is 0 Å². The van der Waals surface area contributed by atoms with E-state index in [0.29, 0.717) is 18.4 Å². The summed E-state index contributed by atoms with van der Waals surface area (Å²) in [6.45, 7) is 8.10. The molecule has 2 aromatic rings. The standard InChI is InChI=1S/C24H34O2Si/c1-24(2,3)27(22-13-6-4-7-14-22,23-15-8-5-9-16-23)26-19-21-12-10-11-20(17-21)18-25/h4-9,13-16,20-21,25H,10-12,17-19H2,1-3H3. The van der Waals surface area contributed by atoms with Gasteiger partial charge in [-0.1, -0.05) is 87.9 Å². The maximum Gasteiger partial charge on any atom is 0.261 e. The van der Waals surface area contributed by atoms with Crippen molar-refractivity contribution in [3.05, 3.63) is 60.7 Å². The second kappa shape index (κ2) is 8.72. The predicted molar refractivity (Wildman–Crippen MR) is 116 cm³/mol. The second-order valence-corrected chi connectivity index (χ2v) is 13.4. The summed E-state index contributed by atoms with van der Waals surface area (Å²) in [5.41, 5.74) is 0. The average molecular weight is 383 g/mol. The van der Waals surface area contributed by atoms with Gasteiger partial charge in [0.05, 0.1) is 0 Å². The molecule has 1 N–H and O–H groups in total. The Morgan fingerprint density at radius 3 is 1.89 bits per heavy atom. The first-order valence-corrected chi connectivity index (χ1v) is 12.2. The fourth-order valence-electron chi connectivity index (χ4n) is 4.72. The number of hydrogen-bond acceptors (Lipinski definition) is 2. The highest BCUT2D eigenvalue weighted by Gasteiger charge is 2.50. The Bertz CT molecular complexity index is 654. The van der Waals surface area contributed by atoms with Crippen molar-refractivity contribution in [1.82, 2.24) is 0 Å². The van der Waals surface area contributed by atoms with Crippen LogP contribution < -0.4 is 10.4 Å². The fraction of sp³-hybridized carbons (Fsp3) is 0.500. The molecule has 0 radical (unpaired) electrons. The number of benzene rings is 2. The van der Waals surface area contributed by atoms with E-state index in [2.05, 4.69) is 81.4 Å². The lowest BCUT2D eigenvalue weighted by atomic mass is 9.82. The van der Waals surface area contributed by atoms with Crippen LogP contribution in [0.25, 0.3) is 0 Å². The maximum absolute atomic E-state index is 9.59. The molecule has 1 saturated carbocycles. The normalized spacial score (nSPS) is 21.2. The third-order valence-electron chi connectivity index (χ3n) is 6.10. The van der Waals surface area contributed by atoms with Gasteiger partial charge in [-0.3, -0.25) is 0 Å². The van der Waals surface area contributed by atoms with Crippen LogP contribution in [0.1, 0.15) is 46.5 Å². The van der Waals surface area contributed by atoms with Crippen LogP contribution in [0.15, 0.2) is 60.7 Å². The van der Waals surface area contributed by atoms with Gasteiger partial charge in [0.25, 0.3) is 8.32 Å². The molecule has 146 valence electrons. The molecule has 2 nitrogen and oxygen atoms in total. The van der Waals surface area contributed by atoms with E-state index in [1.54, 1.807) is 0 Å². The Hall–Kier alpha value is -1.42. The van der Waals surface area contributed by atoms with Crippen molar-refractivity contribution < 1.29 is 9.53 Å². The molecular weight excluding hydrogens is 348 g/mol. The Morgan fingerprint density at radius 2 is 1.41 bits per heavy atom. The van der Waals surface area contributed by atoms with Crippen LogP contribution in [-0.2, 0) is 4.43 Å². The first-order chi connectivity index (χ1) is 13.0. The van der Waals surface area contributed by atoms with Crippen molar-refractivity contribution in [3.8, 4) is 0 Å². The molecular formula is C24H34O2Si. The number of hydrogen-bond donors (Lipinski definition) is 1. The van der Waals surface area contributed by atoms with E-state index in [-0.39, 0.29) is 5.04 Å². The molecule has 0 amide bonds. The highest BCUT2D eigenvalue weighted by molar-refractivity contribution is 6.99. The van der Waals surface area contributed by atoms with Crippen molar-refractivity contribution in [1.29, 1.82) is 0 Å². The Morgan fingerprint density at radius 1 is 0.889 bits per heavy atom. The van der Waals surface area contributed by atoms with Crippen LogP contribution in [0, 0.1) is 11.8 Å². The second-order valence-electron chi connectivity index (χ2n) is 9.06. The minimum absolute atomic E-state index is 0.0285. The van der Waals surface area contributed by atoms with E-state index in [4.69, 9.17) is 4.43 Å². The third-order valence-corrected chi connectivity index (χ3v) is 11.1. The van der Waals surface area contributed by atoms with E-state index < -0.39 is 8.32 Å². The van der Waals surface area contributed by atoms with Gasteiger partial charge >= 0.3 is 0 Å². The van der Waals surface area contributed by atoms with Crippen LogP contribution >= 0.6 is 0 Å². The van der Waals surface area contributed by atoms with Gasteiger partial charge in [0.1, 0.15) is 0 Å². The van der Waals surface area contributed by atoms with Crippen LogP contribution in [0.5, 0.6) is 0 Å². The average Bonchev–Trinajstić information content (AvgIpc) is 2.69. The van der Waals surface area contributed by atoms with Crippen LogP contribution in [0.2, 0.25) is 5.04 Å². The third kappa shape index (κ3) is 4.36. The first kappa shape index (κ1) is 20.3. The zero-order valence-electron chi connectivity index (χ0n) is 17.0. The van der Waals surface area contributed by atoms with Crippen molar-refractivity contribution in [2.75, 3.05) is 13.2 Å². The molecule has 2 atom stereocenters. The monoisotopic (exact) mass is 382 g/mol. The molecule has 1 aliphatic rings. The van der Waals surface area contributed by atoms with Gasteiger partial charge in [-0.2, -0.15) is 0 Å². The van der Waals surface area contributed by atoms with Gasteiger partial charge in [-0.15, -0.1) is 0 Å². The largest absolute Gasteiger partial charge is 0.407 e. The topological polar surface area (TPSA) is 29.5 Å². The molecule has 0 aliphatic heterocycles. The smallest absolute Gasteiger partial charge is 0.261 e. The molecule has 1 aliphatic carbocycles. The van der Waals surface area contributed by atoms with E-state index >= 15 is 0 Å².